The van der Waals surface area contributed by atoms with Crippen LogP contribution in [0.15, 0.2) is 71.4 Å². The molecule has 32 heavy (non-hydrogen) atoms. The van der Waals surface area contributed by atoms with Crippen LogP contribution >= 0.6 is 22.7 Å². The van der Waals surface area contributed by atoms with Gasteiger partial charge in [0.15, 0.2) is 0 Å². The SMILES string of the molecule is CN1C(=O)/C(=C2/C(=O)N(C)c3cc(-c4cccs4)ccc32)c2ccc(-c3cccs3)cc21. The molecule has 4 aromatic rings. The van der Waals surface area contributed by atoms with Crippen molar-refractivity contribution >= 4 is 57.0 Å². The molecule has 4 nitrogen and oxygen atoms in total. The van der Waals surface area contributed by atoms with Gasteiger partial charge < -0.3 is 9.80 Å². The van der Waals surface area contributed by atoms with Gasteiger partial charge in [-0.05, 0) is 46.2 Å². The second-order valence-corrected chi connectivity index (χ2v) is 9.79. The smallest absolute Gasteiger partial charge is 0.259 e. The maximum Gasteiger partial charge on any atom is 0.259 e. The molecule has 0 aliphatic carbocycles. The van der Waals surface area contributed by atoms with Crippen LogP contribution < -0.4 is 9.80 Å². The summed E-state index contributed by atoms with van der Waals surface area (Å²) < 4.78 is 0. The number of nitrogens with zero attached hydrogens (tertiary/aromatic N) is 2. The number of anilines is 2. The summed E-state index contributed by atoms with van der Waals surface area (Å²) in [5.74, 6) is -0.287. The highest BCUT2D eigenvalue weighted by atomic mass is 32.1. The molecule has 2 aromatic carbocycles. The summed E-state index contributed by atoms with van der Waals surface area (Å²) in [6.07, 6.45) is 0. The third-order valence-electron chi connectivity index (χ3n) is 6.16. The highest BCUT2D eigenvalue weighted by molar-refractivity contribution is 7.13. The number of thiophene rings is 2. The Bertz CT molecular complexity index is 1320. The summed E-state index contributed by atoms with van der Waals surface area (Å²) in [6, 6.07) is 20.3. The van der Waals surface area contributed by atoms with Crippen molar-refractivity contribution < 1.29 is 9.59 Å². The van der Waals surface area contributed by atoms with Gasteiger partial charge in [0.1, 0.15) is 0 Å². The van der Waals surface area contributed by atoms with Crippen LogP contribution in [0, 0.1) is 0 Å². The molecule has 0 unspecified atom stereocenters. The van der Waals surface area contributed by atoms with E-state index in [9.17, 15) is 9.59 Å². The lowest BCUT2D eigenvalue weighted by Gasteiger charge is -2.10. The van der Waals surface area contributed by atoms with E-state index in [1.807, 2.05) is 59.3 Å². The lowest BCUT2D eigenvalue weighted by molar-refractivity contribution is -0.114. The molecular formula is C26H18N2O2S2. The third-order valence-corrected chi connectivity index (χ3v) is 7.99. The topological polar surface area (TPSA) is 40.6 Å². The molecule has 0 saturated heterocycles. The van der Waals surface area contributed by atoms with Gasteiger partial charge in [-0.25, -0.2) is 0 Å². The average Bonchev–Trinajstić information content (AvgIpc) is 3.60. The molecule has 0 spiro atoms. The van der Waals surface area contributed by atoms with Gasteiger partial charge in [0.2, 0.25) is 0 Å². The summed E-state index contributed by atoms with van der Waals surface area (Å²) in [5, 5.41) is 4.08. The molecule has 2 aliphatic heterocycles. The molecule has 0 N–H and O–H groups in total. The standard InChI is InChI=1S/C26H18N2O2S2/c1-27-19-13-15(21-5-3-11-31-21)7-9-17(19)23(25(27)29)24-18-10-8-16(22-6-4-12-32-22)14-20(18)28(2)26(24)30/h3-14H,1-2H3/b24-23+. The summed E-state index contributed by atoms with van der Waals surface area (Å²) in [6.45, 7) is 0. The largest absolute Gasteiger partial charge is 0.311 e. The normalized spacial score (nSPS) is 17.3. The average molecular weight is 455 g/mol. The van der Waals surface area contributed by atoms with Crippen molar-refractivity contribution in [3.8, 4) is 20.9 Å². The minimum absolute atomic E-state index is 0.143. The van der Waals surface area contributed by atoms with E-state index in [1.165, 1.54) is 0 Å². The van der Waals surface area contributed by atoms with Gasteiger partial charge in [0.25, 0.3) is 11.8 Å². The zero-order valence-corrected chi connectivity index (χ0v) is 19.1. The molecule has 0 saturated carbocycles. The first kappa shape index (κ1) is 19.2. The minimum atomic E-state index is -0.143. The van der Waals surface area contributed by atoms with E-state index in [0.717, 1.165) is 43.4 Å². The van der Waals surface area contributed by atoms with E-state index in [4.69, 9.17) is 0 Å². The minimum Gasteiger partial charge on any atom is -0.311 e. The fourth-order valence-electron chi connectivity index (χ4n) is 4.50. The maximum absolute atomic E-state index is 13.4. The van der Waals surface area contributed by atoms with E-state index in [0.29, 0.717) is 11.1 Å². The molecule has 6 heteroatoms. The number of hydrogen-bond donors (Lipinski definition) is 0. The molecule has 0 fully saturated rings. The molecule has 2 amide bonds. The van der Waals surface area contributed by atoms with Crippen LogP contribution in [0.2, 0.25) is 0 Å². The van der Waals surface area contributed by atoms with Crippen molar-refractivity contribution in [2.24, 2.45) is 0 Å². The second-order valence-electron chi connectivity index (χ2n) is 7.90. The summed E-state index contributed by atoms with van der Waals surface area (Å²) in [5.41, 5.74) is 6.40. The van der Waals surface area contributed by atoms with Gasteiger partial charge in [-0.2, -0.15) is 0 Å². The Morgan fingerprint density at radius 1 is 0.625 bits per heavy atom. The summed E-state index contributed by atoms with van der Waals surface area (Å²) >= 11 is 3.33. The van der Waals surface area contributed by atoms with Gasteiger partial charge in [-0.15, -0.1) is 22.7 Å². The monoisotopic (exact) mass is 454 g/mol. The molecule has 6 rings (SSSR count). The number of fused-ring (bicyclic) bond motifs is 2. The first-order valence-corrected chi connectivity index (χ1v) is 12.0. The number of carbonyl (C=O) groups excluding carboxylic acids is 2. The Morgan fingerprint density at radius 2 is 1.06 bits per heavy atom. The molecule has 0 atom stereocenters. The Morgan fingerprint density at radius 3 is 1.44 bits per heavy atom. The van der Waals surface area contributed by atoms with E-state index >= 15 is 0 Å². The molecule has 2 aliphatic rings. The number of carbonyl (C=O) groups is 2. The van der Waals surface area contributed by atoms with Crippen LogP contribution in [0.5, 0.6) is 0 Å². The zero-order chi connectivity index (χ0) is 22.0. The predicted octanol–water partition coefficient (Wildman–Crippen LogP) is 6.01. The first-order valence-electron chi connectivity index (χ1n) is 10.2. The number of rotatable bonds is 2. The summed E-state index contributed by atoms with van der Waals surface area (Å²) in [7, 11) is 3.55. The van der Waals surface area contributed by atoms with Crippen molar-refractivity contribution in [3.05, 3.63) is 82.6 Å². The van der Waals surface area contributed by atoms with Gasteiger partial charge in [-0.1, -0.05) is 36.4 Å². The Hall–Kier alpha value is -3.48. The van der Waals surface area contributed by atoms with Crippen LogP contribution in [0.3, 0.4) is 0 Å². The Balaban J connectivity index is 1.54. The molecule has 0 radical (unpaired) electrons. The van der Waals surface area contributed by atoms with E-state index in [2.05, 4.69) is 12.1 Å². The Labute approximate surface area is 193 Å². The van der Waals surface area contributed by atoms with E-state index in [-0.39, 0.29) is 11.8 Å². The fourth-order valence-corrected chi connectivity index (χ4v) is 5.95. The first-order chi connectivity index (χ1) is 15.5. The van der Waals surface area contributed by atoms with Crippen LogP contribution in [0.4, 0.5) is 11.4 Å². The third kappa shape index (κ3) is 2.66. The highest BCUT2D eigenvalue weighted by Gasteiger charge is 2.40. The molecule has 4 heterocycles. The van der Waals surface area contributed by atoms with Crippen LogP contribution in [0.25, 0.3) is 32.0 Å². The number of benzene rings is 2. The molecule has 2 aromatic heterocycles. The van der Waals surface area contributed by atoms with Gasteiger partial charge >= 0.3 is 0 Å². The highest BCUT2D eigenvalue weighted by Crippen LogP contribution is 2.47. The quantitative estimate of drug-likeness (QED) is 0.348. The van der Waals surface area contributed by atoms with Crippen molar-refractivity contribution in [2.75, 3.05) is 23.9 Å². The van der Waals surface area contributed by atoms with E-state index in [1.54, 1.807) is 46.6 Å². The van der Waals surface area contributed by atoms with Gasteiger partial charge in [0.05, 0.1) is 22.5 Å². The van der Waals surface area contributed by atoms with Crippen molar-refractivity contribution in [2.45, 2.75) is 0 Å². The summed E-state index contributed by atoms with van der Waals surface area (Å²) in [4.78, 5) is 32.3. The molecule has 0 bridgehead atoms. The number of hydrogen-bond acceptors (Lipinski definition) is 4. The van der Waals surface area contributed by atoms with Crippen molar-refractivity contribution in [1.29, 1.82) is 0 Å². The molecule has 156 valence electrons. The lowest BCUT2D eigenvalue weighted by Crippen LogP contribution is -2.24. The Kier molecular flexibility index (Phi) is 4.22. The zero-order valence-electron chi connectivity index (χ0n) is 17.5. The second kappa shape index (κ2) is 7.02. The van der Waals surface area contributed by atoms with Crippen LogP contribution in [0.1, 0.15) is 11.1 Å². The maximum atomic E-state index is 13.4. The predicted molar refractivity (Wildman–Crippen MR) is 133 cm³/mol. The van der Waals surface area contributed by atoms with Crippen LogP contribution in [-0.4, -0.2) is 25.9 Å². The van der Waals surface area contributed by atoms with Crippen LogP contribution in [-0.2, 0) is 9.59 Å². The van der Waals surface area contributed by atoms with Gasteiger partial charge in [0, 0.05) is 35.0 Å². The number of likely N-dealkylation sites (N-methyl/N-ethyl adjacent to an activating group) is 2. The lowest BCUT2D eigenvalue weighted by atomic mass is 9.95. The molecular weight excluding hydrogens is 436 g/mol. The van der Waals surface area contributed by atoms with E-state index < -0.39 is 0 Å². The fraction of sp³-hybridized carbons (Fsp3) is 0.0769. The van der Waals surface area contributed by atoms with Crippen molar-refractivity contribution in [1.82, 2.24) is 0 Å². The van der Waals surface area contributed by atoms with Gasteiger partial charge in [-0.3, -0.25) is 9.59 Å². The van der Waals surface area contributed by atoms with Crippen molar-refractivity contribution in [3.63, 3.8) is 0 Å². The number of amides is 2.